The van der Waals surface area contributed by atoms with Crippen molar-refractivity contribution >= 4 is 16.8 Å². The van der Waals surface area contributed by atoms with Crippen molar-refractivity contribution in [3.05, 3.63) is 39.9 Å². The molecule has 0 fully saturated rings. The molecule has 0 aliphatic heterocycles. The molecule has 0 atom stereocenters. The summed E-state index contributed by atoms with van der Waals surface area (Å²) in [4.78, 5) is 14.3. The van der Waals surface area contributed by atoms with Gasteiger partial charge in [-0.2, -0.15) is 0 Å². The van der Waals surface area contributed by atoms with Gasteiger partial charge in [0, 0.05) is 22.9 Å². The van der Waals surface area contributed by atoms with Crippen LogP contribution in [0.3, 0.4) is 0 Å². The van der Waals surface area contributed by atoms with E-state index < -0.39 is 5.91 Å². The summed E-state index contributed by atoms with van der Waals surface area (Å²) in [5.41, 5.74) is 10.4. The molecule has 6 nitrogen and oxygen atoms in total. The molecule has 6 heteroatoms. The van der Waals surface area contributed by atoms with Crippen molar-refractivity contribution in [2.24, 2.45) is 12.2 Å². The predicted molar refractivity (Wildman–Crippen MR) is 67.7 cm³/mol. The lowest BCUT2D eigenvalue weighted by Crippen LogP contribution is -2.03. The fourth-order valence-corrected chi connectivity index (χ4v) is 2.13. The summed E-state index contributed by atoms with van der Waals surface area (Å²) in [6.07, 6.45) is 0. The van der Waals surface area contributed by atoms with Crippen LogP contribution in [0.1, 0.15) is 16.1 Å². The minimum atomic E-state index is -0.576. The summed E-state index contributed by atoms with van der Waals surface area (Å²) in [6, 6.07) is 5.55. The third-order valence-electron chi connectivity index (χ3n) is 3.00. The molecule has 92 valence electrons. The van der Waals surface area contributed by atoms with Crippen LogP contribution < -0.4 is 4.74 Å². The van der Waals surface area contributed by atoms with Crippen LogP contribution in [-0.2, 0) is 7.05 Å². The number of carbonyl (C=O) groups excluding carboxylic acids is 1. The summed E-state index contributed by atoms with van der Waals surface area (Å²) in [6.45, 7) is 1.82. The first kappa shape index (κ1) is 12.0. The van der Waals surface area contributed by atoms with E-state index in [1.54, 1.807) is 18.7 Å². The molecule has 18 heavy (non-hydrogen) atoms. The summed E-state index contributed by atoms with van der Waals surface area (Å²) >= 11 is 0. The van der Waals surface area contributed by atoms with E-state index in [9.17, 15) is 4.79 Å². The van der Waals surface area contributed by atoms with Gasteiger partial charge in [0.05, 0.1) is 12.8 Å². The molecule has 0 aliphatic carbocycles. The lowest BCUT2D eigenvalue weighted by atomic mass is 10.1. The van der Waals surface area contributed by atoms with Crippen molar-refractivity contribution in [3.63, 3.8) is 0 Å². The molecule has 1 aromatic heterocycles. The van der Waals surface area contributed by atoms with Crippen molar-refractivity contribution in [1.29, 1.82) is 0 Å². The Balaban J connectivity index is 2.76. The number of amides is 1. The standard InChI is InChI=1S/C12H12N4O2/c1-7-9-6-8(18-3)4-5-10(9)16(2)11(7)12(17)14-15-13/h4-6H,1-3H3. The van der Waals surface area contributed by atoms with Gasteiger partial charge in [0.15, 0.2) is 0 Å². The Bertz CT molecular complexity index is 681. The average molecular weight is 244 g/mol. The molecule has 0 bridgehead atoms. The highest BCUT2D eigenvalue weighted by Gasteiger charge is 2.17. The molecular weight excluding hydrogens is 232 g/mol. The number of hydrogen-bond acceptors (Lipinski definition) is 2. The first-order chi connectivity index (χ1) is 8.60. The molecular formula is C12H12N4O2. The second-order valence-electron chi connectivity index (χ2n) is 3.91. The SMILES string of the molecule is COc1ccc2c(c1)c(C)c(C(=O)N=[N+]=[N-])n2C. The third kappa shape index (κ3) is 1.69. The van der Waals surface area contributed by atoms with Gasteiger partial charge in [-0.1, -0.05) is 0 Å². The third-order valence-corrected chi connectivity index (χ3v) is 3.00. The van der Waals surface area contributed by atoms with Gasteiger partial charge in [-0.05, 0) is 41.3 Å². The number of fused-ring (bicyclic) bond motifs is 1. The zero-order valence-electron chi connectivity index (χ0n) is 10.3. The predicted octanol–water partition coefficient (Wildman–Crippen LogP) is 2.95. The first-order valence-electron chi connectivity index (χ1n) is 5.32. The van der Waals surface area contributed by atoms with Crippen molar-refractivity contribution < 1.29 is 9.53 Å². The van der Waals surface area contributed by atoms with Gasteiger partial charge in [0.2, 0.25) is 0 Å². The Hall–Kier alpha value is -2.46. The van der Waals surface area contributed by atoms with Crippen LogP contribution >= 0.6 is 0 Å². The minimum absolute atomic E-state index is 0.399. The van der Waals surface area contributed by atoms with E-state index in [1.807, 2.05) is 25.1 Å². The maximum absolute atomic E-state index is 11.7. The van der Waals surface area contributed by atoms with Crippen LogP contribution in [0.4, 0.5) is 0 Å². The van der Waals surface area contributed by atoms with Crippen LogP contribution in [0, 0.1) is 6.92 Å². The Morgan fingerprint density at radius 3 is 2.83 bits per heavy atom. The maximum Gasteiger partial charge on any atom is 0.265 e. The van der Waals surface area contributed by atoms with Crippen molar-refractivity contribution in [3.8, 4) is 5.75 Å². The van der Waals surface area contributed by atoms with Gasteiger partial charge >= 0.3 is 0 Å². The minimum Gasteiger partial charge on any atom is -0.497 e. The molecule has 1 heterocycles. The smallest absolute Gasteiger partial charge is 0.265 e. The summed E-state index contributed by atoms with van der Waals surface area (Å²) in [5.74, 6) is 0.145. The number of ether oxygens (including phenoxy) is 1. The van der Waals surface area contributed by atoms with Crippen LogP contribution in [-0.4, -0.2) is 17.6 Å². The molecule has 0 N–H and O–H groups in total. The molecule has 0 unspecified atom stereocenters. The maximum atomic E-state index is 11.7. The van der Waals surface area contributed by atoms with Gasteiger partial charge in [-0.3, -0.25) is 4.79 Å². The average Bonchev–Trinajstić information content (AvgIpc) is 2.62. The number of aryl methyl sites for hydroxylation is 2. The number of methoxy groups -OCH3 is 1. The topological polar surface area (TPSA) is 80.0 Å². The molecule has 0 spiro atoms. The number of carbonyl (C=O) groups is 1. The van der Waals surface area contributed by atoms with Crippen LogP contribution in [0.5, 0.6) is 5.75 Å². The number of rotatable bonds is 2. The van der Waals surface area contributed by atoms with E-state index >= 15 is 0 Å². The van der Waals surface area contributed by atoms with Gasteiger partial charge in [-0.15, -0.1) is 0 Å². The molecule has 0 radical (unpaired) electrons. The molecule has 2 aromatic rings. The second-order valence-corrected chi connectivity index (χ2v) is 3.91. The quantitative estimate of drug-likeness (QED) is 0.462. The molecule has 2 rings (SSSR count). The van der Waals surface area contributed by atoms with Crippen molar-refractivity contribution in [1.82, 2.24) is 4.57 Å². The fourth-order valence-electron chi connectivity index (χ4n) is 2.13. The summed E-state index contributed by atoms with van der Waals surface area (Å²) < 4.78 is 6.88. The summed E-state index contributed by atoms with van der Waals surface area (Å²) in [5, 5.41) is 4.05. The highest BCUT2D eigenvalue weighted by molar-refractivity contribution is 6.02. The van der Waals surface area contributed by atoms with Gasteiger partial charge in [0.1, 0.15) is 5.75 Å². The number of benzene rings is 1. The Kier molecular flexibility index (Phi) is 2.95. The lowest BCUT2D eigenvalue weighted by Gasteiger charge is -2.01. The van der Waals surface area contributed by atoms with Gasteiger partial charge < -0.3 is 9.30 Å². The van der Waals surface area contributed by atoms with E-state index in [0.29, 0.717) is 5.69 Å². The first-order valence-corrected chi connectivity index (χ1v) is 5.32. The largest absolute Gasteiger partial charge is 0.497 e. The van der Waals surface area contributed by atoms with Crippen LogP contribution in [0.2, 0.25) is 0 Å². The number of azide groups is 1. The number of hydrogen-bond donors (Lipinski definition) is 0. The number of aromatic nitrogens is 1. The molecule has 0 saturated heterocycles. The zero-order chi connectivity index (χ0) is 13.3. The van der Waals surface area contributed by atoms with E-state index in [1.165, 1.54) is 0 Å². The van der Waals surface area contributed by atoms with Crippen LogP contribution in [0.15, 0.2) is 23.3 Å². The Morgan fingerprint density at radius 2 is 2.22 bits per heavy atom. The van der Waals surface area contributed by atoms with E-state index in [-0.39, 0.29) is 0 Å². The van der Waals surface area contributed by atoms with Crippen molar-refractivity contribution in [2.45, 2.75) is 6.92 Å². The molecule has 1 amide bonds. The van der Waals surface area contributed by atoms with E-state index in [4.69, 9.17) is 10.3 Å². The Morgan fingerprint density at radius 1 is 1.50 bits per heavy atom. The lowest BCUT2D eigenvalue weighted by molar-refractivity contribution is 0.0992. The Labute approximate surface area is 103 Å². The van der Waals surface area contributed by atoms with E-state index in [0.717, 1.165) is 22.2 Å². The van der Waals surface area contributed by atoms with Gasteiger partial charge in [0.25, 0.3) is 5.91 Å². The highest BCUT2D eigenvalue weighted by atomic mass is 16.5. The molecule has 1 aromatic carbocycles. The monoisotopic (exact) mass is 244 g/mol. The molecule has 0 aliphatic rings. The van der Waals surface area contributed by atoms with Crippen molar-refractivity contribution in [2.75, 3.05) is 7.11 Å². The number of nitrogens with zero attached hydrogens (tertiary/aromatic N) is 4. The zero-order valence-corrected chi connectivity index (χ0v) is 10.3. The second kappa shape index (κ2) is 4.43. The highest BCUT2D eigenvalue weighted by Crippen LogP contribution is 2.28. The normalized spacial score (nSPS) is 10.2. The summed E-state index contributed by atoms with van der Waals surface area (Å²) in [7, 11) is 3.35. The van der Waals surface area contributed by atoms with Crippen LogP contribution in [0.25, 0.3) is 21.3 Å². The fraction of sp³-hybridized carbons (Fsp3) is 0.250. The van der Waals surface area contributed by atoms with E-state index in [2.05, 4.69) is 10.0 Å². The molecule has 0 saturated carbocycles. The van der Waals surface area contributed by atoms with Gasteiger partial charge in [-0.25, -0.2) is 0 Å².